The first-order chi connectivity index (χ1) is 6.24. The molecule has 0 saturated carbocycles. The summed E-state index contributed by atoms with van der Waals surface area (Å²) < 4.78 is 1.63. The lowest BCUT2D eigenvalue weighted by atomic mass is 10.2. The summed E-state index contributed by atoms with van der Waals surface area (Å²) in [6, 6.07) is 9.81. The molecule has 0 saturated heterocycles. The summed E-state index contributed by atoms with van der Waals surface area (Å²) in [7, 11) is 0. The molecule has 0 aromatic heterocycles. The zero-order valence-corrected chi connectivity index (χ0v) is 9.05. The van der Waals surface area contributed by atoms with Crippen LogP contribution < -0.4 is 5.73 Å². The fourth-order valence-corrected chi connectivity index (χ4v) is 1.36. The molecule has 13 heavy (non-hydrogen) atoms. The minimum atomic E-state index is 0.101. The van der Waals surface area contributed by atoms with Crippen LogP contribution in [0.25, 0.3) is 0 Å². The lowest BCUT2D eigenvalue weighted by Gasteiger charge is -2.13. The van der Waals surface area contributed by atoms with E-state index in [4.69, 9.17) is 10.9 Å². The van der Waals surface area contributed by atoms with Crippen molar-refractivity contribution >= 4 is 28.8 Å². The molecule has 0 heterocycles. The third-order valence-corrected chi connectivity index (χ3v) is 2.35. The van der Waals surface area contributed by atoms with Gasteiger partial charge in [-0.3, -0.25) is 3.11 Å². The fraction of sp³-hybridized carbons (Fsp3) is 0.125. The van der Waals surface area contributed by atoms with Gasteiger partial charge in [0.15, 0.2) is 0 Å². The van der Waals surface area contributed by atoms with Crippen LogP contribution in [-0.4, -0.2) is 14.3 Å². The van der Waals surface area contributed by atoms with Gasteiger partial charge in [0, 0.05) is 0 Å². The average molecular weight is 291 g/mol. The first-order valence-electron chi connectivity index (χ1n) is 3.69. The summed E-state index contributed by atoms with van der Waals surface area (Å²) >= 11 is 1.99. The lowest BCUT2D eigenvalue weighted by Crippen LogP contribution is -2.28. The van der Waals surface area contributed by atoms with Crippen LogP contribution in [0.5, 0.6) is 0 Å². The summed E-state index contributed by atoms with van der Waals surface area (Å²) in [6.45, 7) is 0.622. The molecule has 0 aliphatic rings. The van der Waals surface area contributed by atoms with Crippen molar-refractivity contribution in [2.45, 2.75) is 6.54 Å². The number of oxime groups is 1. The molecule has 0 amide bonds. The number of rotatable bonds is 2. The van der Waals surface area contributed by atoms with Crippen molar-refractivity contribution in [3.05, 3.63) is 35.9 Å². The molecular formula is C8H10IN3O. The number of halogens is 1. The second kappa shape index (κ2) is 4.90. The van der Waals surface area contributed by atoms with Gasteiger partial charge in [0.1, 0.15) is 0 Å². The molecule has 0 radical (unpaired) electrons. The molecule has 0 spiro atoms. The second-order valence-electron chi connectivity index (χ2n) is 2.46. The Kier molecular flexibility index (Phi) is 3.81. The van der Waals surface area contributed by atoms with Crippen molar-refractivity contribution < 1.29 is 5.21 Å². The average Bonchev–Trinajstić information content (AvgIpc) is 2.18. The highest BCUT2D eigenvalue weighted by Gasteiger charge is 2.03. The molecule has 0 atom stereocenters. The highest BCUT2D eigenvalue weighted by molar-refractivity contribution is 14.1. The molecule has 0 aliphatic heterocycles. The second-order valence-corrected chi connectivity index (χ2v) is 3.63. The Labute approximate surface area is 90.5 Å². The minimum absolute atomic E-state index is 0.101. The molecule has 1 aromatic rings. The Bertz CT molecular complexity index is 289. The molecule has 0 fully saturated rings. The number of guanidine groups is 1. The summed E-state index contributed by atoms with van der Waals surface area (Å²) in [5.74, 6) is 0.101. The van der Waals surface area contributed by atoms with Gasteiger partial charge in [-0.05, 0) is 5.56 Å². The maximum atomic E-state index is 8.40. The van der Waals surface area contributed by atoms with Gasteiger partial charge < -0.3 is 10.9 Å². The van der Waals surface area contributed by atoms with Gasteiger partial charge in [-0.15, -0.1) is 0 Å². The van der Waals surface area contributed by atoms with Crippen LogP contribution in [0.1, 0.15) is 5.56 Å². The van der Waals surface area contributed by atoms with Crippen molar-refractivity contribution in [1.82, 2.24) is 3.11 Å². The van der Waals surface area contributed by atoms with Crippen molar-refractivity contribution in [3.63, 3.8) is 0 Å². The quantitative estimate of drug-likeness (QED) is 0.217. The topological polar surface area (TPSA) is 61.9 Å². The van der Waals surface area contributed by atoms with Crippen LogP contribution in [-0.2, 0) is 6.54 Å². The van der Waals surface area contributed by atoms with E-state index in [1.54, 1.807) is 3.11 Å². The number of nitrogens with two attached hydrogens (primary N) is 1. The Morgan fingerprint density at radius 3 is 2.62 bits per heavy atom. The van der Waals surface area contributed by atoms with Gasteiger partial charge in [0.05, 0.1) is 29.4 Å². The van der Waals surface area contributed by atoms with Crippen molar-refractivity contribution in [1.29, 1.82) is 0 Å². The van der Waals surface area contributed by atoms with Crippen LogP contribution in [0.2, 0.25) is 0 Å². The monoisotopic (exact) mass is 291 g/mol. The predicted molar refractivity (Wildman–Crippen MR) is 59.4 cm³/mol. The van der Waals surface area contributed by atoms with E-state index in [2.05, 4.69) is 5.16 Å². The Balaban J connectivity index is 2.60. The summed E-state index contributed by atoms with van der Waals surface area (Å²) in [5, 5.41) is 11.3. The Morgan fingerprint density at radius 1 is 1.46 bits per heavy atom. The van der Waals surface area contributed by atoms with Crippen LogP contribution >= 0.6 is 22.9 Å². The van der Waals surface area contributed by atoms with E-state index in [-0.39, 0.29) is 5.96 Å². The summed E-state index contributed by atoms with van der Waals surface area (Å²) in [4.78, 5) is 0. The first-order valence-corrected chi connectivity index (χ1v) is 4.65. The third kappa shape index (κ3) is 3.10. The molecule has 0 unspecified atom stereocenters. The molecule has 1 rings (SSSR count). The van der Waals surface area contributed by atoms with E-state index in [1.165, 1.54) is 0 Å². The highest BCUT2D eigenvalue weighted by Crippen LogP contribution is 2.07. The molecule has 1 aromatic carbocycles. The van der Waals surface area contributed by atoms with E-state index >= 15 is 0 Å². The highest BCUT2D eigenvalue weighted by atomic mass is 127. The fourth-order valence-electron chi connectivity index (χ4n) is 0.873. The standard InChI is InChI=1S/C8H10IN3O/c9-12(8(10)11-13)6-7-4-2-1-3-5-7/h1-5,13H,6H2,(H2,10,11). The zero-order valence-electron chi connectivity index (χ0n) is 6.89. The molecule has 70 valence electrons. The van der Waals surface area contributed by atoms with Crippen molar-refractivity contribution in [2.24, 2.45) is 10.9 Å². The molecular weight excluding hydrogens is 281 g/mol. The normalized spacial score (nSPS) is 11.3. The number of benzene rings is 1. The van der Waals surface area contributed by atoms with E-state index in [1.807, 2.05) is 53.2 Å². The molecule has 0 bridgehead atoms. The van der Waals surface area contributed by atoms with Gasteiger partial charge in [-0.1, -0.05) is 35.5 Å². The SMILES string of the molecule is NC(=NO)N(I)Cc1ccccc1. The third-order valence-electron chi connectivity index (χ3n) is 1.52. The lowest BCUT2D eigenvalue weighted by molar-refractivity contribution is 0.312. The first kappa shape index (κ1) is 10.1. The Morgan fingerprint density at radius 2 is 2.08 bits per heavy atom. The zero-order chi connectivity index (χ0) is 9.68. The number of hydrogen-bond acceptors (Lipinski definition) is 2. The molecule has 3 N–H and O–H groups in total. The van der Waals surface area contributed by atoms with Crippen LogP contribution in [0.3, 0.4) is 0 Å². The summed E-state index contributed by atoms with van der Waals surface area (Å²) in [5.41, 5.74) is 6.50. The van der Waals surface area contributed by atoms with Gasteiger partial charge in [-0.2, -0.15) is 0 Å². The van der Waals surface area contributed by atoms with Gasteiger partial charge in [0.25, 0.3) is 0 Å². The smallest absolute Gasteiger partial charge is 0.242 e. The number of nitrogens with zero attached hydrogens (tertiary/aromatic N) is 2. The Hall–Kier alpha value is -0.980. The molecule has 5 heteroatoms. The summed E-state index contributed by atoms with van der Waals surface area (Å²) in [6.07, 6.45) is 0. The predicted octanol–water partition coefficient (Wildman–Crippen LogP) is 1.54. The maximum absolute atomic E-state index is 8.40. The van der Waals surface area contributed by atoms with E-state index in [9.17, 15) is 0 Å². The van der Waals surface area contributed by atoms with Crippen molar-refractivity contribution in [2.75, 3.05) is 0 Å². The van der Waals surface area contributed by atoms with Crippen molar-refractivity contribution in [3.8, 4) is 0 Å². The maximum Gasteiger partial charge on any atom is 0.242 e. The van der Waals surface area contributed by atoms with E-state index in [0.717, 1.165) is 5.56 Å². The van der Waals surface area contributed by atoms with Gasteiger partial charge in [-0.25, -0.2) is 0 Å². The van der Waals surface area contributed by atoms with Gasteiger partial charge >= 0.3 is 0 Å². The van der Waals surface area contributed by atoms with E-state index < -0.39 is 0 Å². The van der Waals surface area contributed by atoms with Crippen LogP contribution in [0.4, 0.5) is 0 Å². The largest absolute Gasteiger partial charge is 0.408 e. The molecule has 0 aliphatic carbocycles. The minimum Gasteiger partial charge on any atom is -0.408 e. The molecule has 4 nitrogen and oxygen atoms in total. The van der Waals surface area contributed by atoms with Crippen LogP contribution in [0, 0.1) is 0 Å². The number of hydrogen-bond donors (Lipinski definition) is 2. The van der Waals surface area contributed by atoms with Crippen LogP contribution in [0.15, 0.2) is 35.5 Å². The van der Waals surface area contributed by atoms with E-state index in [0.29, 0.717) is 6.54 Å². The van der Waals surface area contributed by atoms with Gasteiger partial charge in [0.2, 0.25) is 5.96 Å².